The number of carbonyl (C=O) groups excluding carboxylic acids is 1. The molecule has 0 aliphatic rings. The van der Waals surface area contributed by atoms with E-state index in [-0.39, 0.29) is 18.6 Å². The van der Waals surface area contributed by atoms with Crippen LogP contribution in [0.4, 0.5) is 0 Å². The van der Waals surface area contributed by atoms with Crippen LogP contribution in [0.25, 0.3) is 0 Å². The van der Waals surface area contributed by atoms with E-state index in [1.807, 2.05) is 42.5 Å². The number of rotatable bonds is 5. The summed E-state index contributed by atoms with van der Waals surface area (Å²) in [6.07, 6.45) is 0.617. The lowest BCUT2D eigenvalue weighted by Gasteiger charge is -2.16. The number of carbonyl (C=O) groups is 1. The van der Waals surface area contributed by atoms with Crippen LogP contribution < -0.4 is 5.32 Å². The van der Waals surface area contributed by atoms with Crippen LogP contribution >= 0.6 is 22.6 Å². The van der Waals surface area contributed by atoms with Crippen LogP contribution in [0.3, 0.4) is 0 Å². The number of hydrogen-bond acceptors (Lipinski definition) is 2. The number of hydrogen-bond donors (Lipinski definition) is 2. The van der Waals surface area contributed by atoms with Gasteiger partial charge in [-0.25, -0.2) is 0 Å². The monoisotopic (exact) mass is 381 g/mol. The molecule has 2 N–H and O–H groups in total. The highest BCUT2D eigenvalue weighted by molar-refractivity contribution is 14.1. The van der Waals surface area contributed by atoms with Gasteiger partial charge in [-0.15, -0.1) is 0 Å². The highest BCUT2D eigenvalue weighted by atomic mass is 127. The summed E-state index contributed by atoms with van der Waals surface area (Å²) >= 11 is 2.25. The van der Waals surface area contributed by atoms with Gasteiger partial charge in [-0.05, 0) is 58.8 Å². The SMILES string of the molecule is O=C(N[C@H](CO)Cc1ccc(I)cc1)c1ccccc1. The molecule has 2 aromatic rings. The molecule has 0 aromatic heterocycles. The van der Waals surface area contributed by atoms with E-state index in [0.29, 0.717) is 12.0 Å². The van der Waals surface area contributed by atoms with Gasteiger partial charge in [0, 0.05) is 9.13 Å². The normalized spacial score (nSPS) is 11.9. The molecular weight excluding hydrogens is 365 g/mol. The standard InChI is InChI=1S/C16H16INO2/c17-14-8-6-12(7-9-14)10-15(11-19)18-16(20)13-4-2-1-3-5-13/h1-9,15,19H,10-11H2,(H,18,20)/t15-/m0/s1. The van der Waals surface area contributed by atoms with Crippen molar-refractivity contribution in [3.05, 3.63) is 69.3 Å². The van der Waals surface area contributed by atoms with Crippen LogP contribution in [0.1, 0.15) is 15.9 Å². The van der Waals surface area contributed by atoms with E-state index in [1.165, 1.54) is 3.57 Å². The maximum absolute atomic E-state index is 12.0. The summed E-state index contributed by atoms with van der Waals surface area (Å²) in [6.45, 7) is -0.0788. The lowest BCUT2D eigenvalue weighted by Crippen LogP contribution is -2.39. The van der Waals surface area contributed by atoms with Gasteiger partial charge < -0.3 is 10.4 Å². The number of aliphatic hydroxyl groups is 1. The fourth-order valence-electron chi connectivity index (χ4n) is 1.92. The van der Waals surface area contributed by atoms with Crippen LogP contribution in [0, 0.1) is 3.57 Å². The first-order valence-corrected chi connectivity index (χ1v) is 7.48. The highest BCUT2D eigenvalue weighted by Crippen LogP contribution is 2.09. The van der Waals surface area contributed by atoms with E-state index in [4.69, 9.17) is 0 Å². The number of nitrogens with one attached hydrogen (secondary N) is 1. The van der Waals surface area contributed by atoms with Crippen LogP contribution in [0.2, 0.25) is 0 Å². The van der Waals surface area contributed by atoms with Crippen molar-refractivity contribution in [1.29, 1.82) is 0 Å². The molecule has 0 radical (unpaired) electrons. The Balaban J connectivity index is 1.99. The van der Waals surface area contributed by atoms with Crippen molar-refractivity contribution in [2.24, 2.45) is 0 Å². The molecule has 0 fully saturated rings. The first-order chi connectivity index (χ1) is 9.69. The Bertz CT molecular complexity index is 554. The Hall–Kier alpha value is -1.40. The lowest BCUT2D eigenvalue weighted by molar-refractivity contribution is 0.0916. The largest absolute Gasteiger partial charge is 0.394 e. The molecule has 0 unspecified atom stereocenters. The molecule has 1 amide bonds. The van der Waals surface area contributed by atoms with Crippen molar-refractivity contribution in [3.63, 3.8) is 0 Å². The Morgan fingerprint density at radius 2 is 1.75 bits per heavy atom. The van der Waals surface area contributed by atoms with Gasteiger partial charge in [0.05, 0.1) is 12.6 Å². The van der Waals surface area contributed by atoms with Crippen LogP contribution in [-0.2, 0) is 6.42 Å². The minimum atomic E-state index is -0.275. The second kappa shape index (κ2) is 7.40. The zero-order valence-electron chi connectivity index (χ0n) is 10.9. The van der Waals surface area contributed by atoms with Gasteiger partial charge in [-0.2, -0.15) is 0 Å². The van der Waals surface area contributed by atoms with Crippen LogP contribution in [0.5, 0.6) is 0 Å². The molecule has 2 rings (SSSR count). The van der Waals surface area contributed by atoms with Crippen molar-refractivity contribution in [3.8, 4) is 0 Å². The molecule has 0 aliphatic heterocycles. The third kappa shape index (κ3) is 4.31. The van der Waals surface area contributed by atoms with Crippen LogP contribution in [-0.4, -0.2) is 23.7 Å². The summed E-state index contributed by atoms with van der Waals surface area (Å²) < 4.78 is 1.17. The molecule has 0 aliphatic carbocycles. The van der Waals surface area contributed by atoms with E-state index in [1.54, 1.807) is 12.1 Å². The number of amides is 1. The summed E-state index contributed by atoms with van der Waals surface area (Å²) in [5.41, 5.74) is 1.70. The predicted octanol–water partition coefficient (Wildman–Crippen LogP) is 2.62. The molecule has 104 valence electrons. The molecule has 1 atom stereocenters. The molecule has 0 spiro atoms. The van der Waals surface area contributed by atoms with Gasteiger partial charge in [-0.3, -0.25) is 4.79 Å². The van der Waals surface area contributed by atoms with Crippen molar-refractivity contribution in [1.82, 2.24) is 5.32 Å². The topological polar surface area (TPSA) is 49.3 Å². The Morgan fingerprint density at radius 1 is 1.10 bits per heavy atom. The molecule has 20 heavy (non-hydrogen) atoms. The highest BCUT2D eigenvalue weighted by Gasteiger charge is 2.13. The van der Waals surface area contributed by atoms with Gasteiger partial charge in [0.1, 0.15) is 0 Å². The van der Waals surface area contributed by atoms with Crippen molar-refractivity contribution >= 4 is 28.5 Å². The fourth-order valence-corrected chi connectivity index (χ4v) is 2.28. The summed E-state index contributed by atoms with van der Waals surface area (Å²) in [4.78, 5) is 12.0. The molecular formula is C16H16INO2. The second-order valence-electron chi connectivity index (χ2n) is 4.55. The summed E-state index contributed by atoms with van der Waals surface area (Å²) in [6, 6.07) is 16.8. The molecule has 0 bridgehead atoms. The quantitative estimate of drug-likeness (QED) is 0.783. The zero-order valence-corrected chi connectivity index (χ0v) is 13.1. The molecule has 3 nitrogen and oxygen atoms in total. The third-order valence-corrected chi connectivity index (χ3v) is 3.71. The molecule has 0 saturated heterocycles. The van der Waals surface area contributed by atoms with E-state index in [0.717, 1.165) is 5.56 Å². The van der Waals surface area contributed by atoms with Gasteiger partial charge in [0.15, 0.2) is 0 Å². The van der Waals surface area contributed by atoms with E-state index >= 15 is 0 Å². The first kappa shape index (κ1) is 15.0. The number of benzene rings is 2. The lowest BCUT2D eigenvalue weighted by atomic mass is 10.1. The molecule has 4 heteroatoms. The average Bonchev–Trinajstić information content (AvgIpc) is 2.49. The van der Waals surface area contributed by atoms with E-state index in [9.17, 15) is 9.90 Å². The maximum Gasteiger partial charge on any atom is 0.251 e. The van der Waals surface area contributed by atoms with Gasteiger partial charge in [0.2, 0.25) is 0 Å². The van der Waals surface area contributed by atoms with Crippen LogP contribution in [0.15, 0.2) is 54.6 Å². The maximum atomic E-state index is 12.0. The zero-order chi connectivity index (χ0) is 14.4. The summed E-state index contributed by atoms with van der Waals surface area (Å²) in [5.74, 6) is -0.157. The van der Waals surface area contributed by atoms with E-state index < -0.39 is 0 Å². The fraction of sp³-hybridized carbons (Fsp3) is 0.188. The molecule has 0 saturated carbocycles. The second-order valence-corrected chi connectivity index (χ2v) is 5.80. The smallest absolute Gasteiger partial charge is 0.251 e. The summed E-state index contributed by atoms with van der Waals surface area (Å²) in [5, 5.41) is 12.3. The number of halogens is 1. The minimum Gasteiger partial charge on any atom is -0.394 e. The van der Waals surface area contributed by atoms with Gasteiger partial charge >= 0.3 is 0 Å². The molecule has 2 aromatic carbocycles. The molecule has 0 heterocycles. The van der Waals surface area contributed by atoms with Crippen molar-refractivity contribution in [2.75, 3.05) is 6.61 Å². The number of aliphatic hydroxyl groups excluding tert-OH is 1. The third-order valence-electron chi connectivity index (χ3n) is 2.99. The van der Waals surface area contributed by atoms with Crippen molar-refractivity contribution < 1.29 is 9.90 Å². The minimum absolute atomic E-state index is 0.0788. The van der Waals surface area contributed by atoms with Crippen molar-refractivity contribution in [2.45, 2.75) is 12.5 Å². The average molecular weight is 381 g/mol. The Labute approximate surface area is 132 Å². The van der Waals surface area contributed by atoms with E-state index in [2.05, 4.69) is 27.9 Å². The Kier molecular flexibility index (Phi) is 5.55. The first-order valence-electron chi connectivity index (χ1n) is 6.40. The van der Waals surface area contributed by atoms with Gasteiger partial charge in [-0.1, -0.05) is 30.3 Å². The predicted molar refractivity (Wildman–Crippen MR) is 87.6 cm³/mol. The summed E-state index contributed by atoms with van der Waals surface area (Å²) in [7, 11) is 0. The Morgan fingerprint density at radius 3 is 2.35 bits per heavy atom. The van der Waals surface area contributed by atoms with Gasteiger partial charge in [0.25, 0.3) is 5.91 Å².